The molecule has 19 heavy (non-hydrogen) atoms. The minimum atomic E-state index is -3.53. The minimum absolute atomic E-state index is 0.0583. The van der Waals surface area contributed by atoms with Gasteiger partial charge in [-0.3, -0.25) is 10.1 Å². The number of hydrogen-bond donors (Lipinski definition) is 1. The first kappa shape index (κ1) is 15.4. The number of nitrogens with two attached hydrogens (primary N) is 1. The molecule has 0 unspecified atom stereocenters. The van der Waals surface area contributed by atoms with Crippen LogP contribution in [0.1, 0.15) is 18.9 Å². The summed E-state index contributed by atoms with van der Waals surface area (Å²) in [6.07, 6.45) is 0.873. The molecule has 0 aliphatic rings. The van der Waals surface area contributed by atoms with Crippen LogP contribution in [0.3, 0.4) is 0 Å². The molecule has 0 fully saturated rings. The molecule has 0 saturated heterocycles. The van der Waals surface area contributed by atoms with E-state index in [0.29, 0.717) is 6.42 Å². The number of rotatable bonds is 7. The summed E-state index contributed by atoms with van der Waals surface area (Å²) < 4.78 is 26.7. The van der Waals surface area contributed by atoms with Gasteiger partial charge in [0.25, 0.3) is 0 Å². The Kier molecular flexibility index (Phi) is 5.25. The number of primary sulfonamides is 1. The zero-order chi connectivity index (χ0) is 14.5. The molecule has 1 aromatic rings. The van der Waals surface area contributed by atoms with Crippen molar-refractivity contribution in [3.05, 3.63) is 33.9 Å². The smallest absolute Gasteiger partial charge is 0.311 e. The third-order valence-electron chi connectivity index (χ3n) is 2.46. The normalized spacial score (nSPS) is 11.3. The predicted molar refractivity (Wildman–Crippen MR) is 70.6 cm³/mol. The van der Waals surface area contributed by atoms with E-state index in [1.165, 1.54) is 12.1 Å². The fourth-order valence-corrected chi connectivity index (χ4v) is 2.01. The van der Waals surface area contributed by atoms with Crippen molar-refractivity contribution in [3.8, 4) is 5.75 Å². The third-order valence-corrected chi connectivity index (χ3v) is 3.32. The maximum atomic E-state index is 10.9. The summed E-state index contributed by atoms with van der Waals surface area (Å²) in [4.78, 5) is 10.4. The molecular weight excluding hydrogens is 272 g/mol. The second kappa shape index (κ2) is 6.48. The zero-order valence-electron chi connectivity index (χ0n) is 10.5. The van der Waals surface area contributed by atoms with Crippen LogP contribution in [-0.4, -0.2) is 25.7 Å². The second-order valence-electron chi connectivity index (χ2n) is 3.98. The predicted octanol–water partition coefficient (Wildman–Crippen LogP) is 1.21. The van der Waals surface area contributed by atoms with Crippen molar-refractivity contribution in [3.63, 3.8) is 0 Å². The Balaban J connectivity index is 2.70. The molecule has 1 rings (SSSR count). The van der Waals surface area contributed by atoms with Crippen LogP contribution in [0.5, 0.6) is 5.75 Å². The number of benzene rings is 1. The van der Waals surface area contributed by atoms with Crippen LogP contribution in [0.4, 0.5) is 5.69 Å². The van der Waals surface area contributed by atoms with Gasteiger partial charge in [-0.05, 0) is 24.5 Å². The Bertz CT molecular complexity index is 556. The number of nitro groups is 1. The number of ether oxygens (including phenoxy) is 1. The summed E-state index contributed by atoms with van der Waals surface area (Å²) >= 11 is 0. The molecule has 0 aliphatic heterocycles. The highest BCUT2D eigenvalue weighted by Crippen LogP contribution is 2.28. The molecule has 0 atom stereocenters. The zero-order valence-corrected chi connectivity index (χ0v) is 11.4. The van der Waals surface area contributed by atoms with Gasteiger partial charge in [-0.15, -0.1) is 0 Å². The molecule has 2 N–H and O–H groups in total. The number of hydrogen-bond acceptors (Lipinski definition) is 5. The lowest BCUT2D eigenvalue weighted by atomic mass is 10.1. The van der Waals surface area contributed by atoms with E-state index < -0.39 is 14.9 Å². The van der Waals surface area contributed by atoms with Gasteiger partial charge in [-0.25, -0.2) is 13.6 Å². The summed E-state index contributed by atoms with van der Waals surface area (Å²) in [6, 6.07) is 4.71. The topological polar surface area (TPSA) is 113 Å². The highest BCUT2D eigenvalue weighted by atomic mass is 32.2. The molecule has 0 aromatic heterocycles. The Morgan fingerprint density at radius 1 is 1.42 bits per heavy atom. The van der Waals surface area contributed by atoms with Gasteiger partial charge < -0.3 is 4.74 Å². The van der Waals surface area contributed by atoms with Gasteiger partial charge >= 0.3 is 5.69 Å². The molecule has 7 nitrogen and oxygen atoms in total. The molecule has 0 amide bonds. The highest BCUT2D eigenvalue weighted by Gasteiger charge is 2.15. The molecule has 0 radical (unpaired) electrons. The van der Waals surface area contributed by atoms with Crippen LogP contribution in [-0.2, 0) is 16.4 Å². The van der Waals surface area contributed by atoms with E-state index in [-0.39, 0.29) is 30.2 Å². The van der Waals surface area contributed by atoms with Crippen molar-refractivity contribution in [1.29, 1.82) is 0 Å². The molecule has 0 heterocycles. The first-order valence-electron chi connectivity index (χ1n) is 5.74. The minimum Gasteiger partial charge on any atom is -0.487 e. The van der Waals surface area contributed by atoms with Crippen molar-refractivity contribution >= 4 is 15.7 Å². The molecule has 0 aliphatic carbocycles. The Labute approximate surface area is 111 Å². The molecular formula is C11H16N2O5S. The first-order valence-corrected chi connectivity index (χ1v) is 7.45. The lowest BCUT2D eigenvalue weighted by Crippen LogP contribution is -2.18. The first-order chi connectivity index (χ1) is 8.83. The van der Waals surface area contributed by atoms with E-state index in [2.05, 4.69) is 0 Å². The van der Waals surface area contributed by atoms with Gasteiger partial charge in [0.15, 0.2) is 5.75 Å². The maximum Gasteiger partial charge on any atom is 0.311 e. The van der Waals surface area contributed by atoms with E-state index >= 15 is 0 Å². The second-order valence-corrected chi connectivity index (χ2v) is 5.72. The third kappa shape index (κ3) is 5.23. The number of nitro benzene ring substituents is 1. The number of aryl methyl sites for hydroxylation is 1. The van der Waals surface area contributed by atoms with Crippen LogP contribution >= 0.6 is 0 Å². The average Bonchev–Trinajstić information content (AvgIpc) is 2.33. The largest absolute Gasteiger partial charge is 0.487 e. The van der Waals surface area contributed by atoms with Gasteiger partial charge in [0, 0.05) is 6.07 Å². The Hall–Kier alpha value is -1.67. The molecule has 0 saturated carbocycles. The van der Waals surface area contributed by atoms with E-state index in [9.17, 15) is 18.5 Å². The average molecular weight is 288 g/mol. The van der Waals surface area contributed by atoms with Crippen LogP contribution in [0.2, 0.25) is 0 Å². The fraction of sp³-hybridized carbons (Fsp3) is 0.455. The number of nitrogens with zero attached hydrogens (tertiary/aromatic N) is 1. The van der Waals surface area contributed by atoms with Crippen molar-refractivity contribution < 1.29 is 18.1 Å². The van der Waals surface area contributed by atoms with Crippen LogP contribution < -0.4 is 9.88 Å². The summed E-state index contributed by atoms with van der Waals surface area (Å²) in [5.74, 6) is -0.0787. The standard InChI is InChI=1S/C11H16N2O5S/c1-2-9-4-5-11(10(8-9)13(14)15)18-6-3-7-19(12,16)17/h4-5,8H,2-3,6-7H2,1H3,(H2,12,16,17). The van der Waals surface area contributed by atoms with Gasteiger partial charge in [-0.2, -0.15) is 0 Å². The summed E-state index contributed by atoms with van der Waals surface area (Å²) in [6.45, 7) is 1.95. The quantitative estimate of drug-likeness (QED) is 0.460. The molecule has 1 aromatic carbocycles. The van der Waals surface area contributed by atoms with E-state index in [4.69, 9.17) is 9.88 Å². The lowest BCUT2D eigenvalue weighted by molar-refractivity contribution is -0.385. The van der Waals surface area contributed by atoms with Crippen LogP contribution in [0.15, 0.2) is 18.2 Å². The van der Waals surface area contributed by atoms with Gasteiger partial charge in [0.2, 0.25) is 10.0 Å². The Morgan fingerprint density at radius 3 is 2.63 bits per heavy atom. The SMILES string of the molecule is CCc1ccc(OCCCS(N)(=O)=O)c([N+](=O)[O-])c1. The molecule has 0 bridgehead atoms. The van der Waals surface area contributed by atoms with Gasteiger partial charge in [0.1, 0.15) is 0 Å². The van der Waals surface area contributed by atoms with E-state index in [0.717, 1.165) is 5.56 Å². The van der Waals surface area contributed by atoms with Crippen molar-refractivity contribution in [2.24, 2.45) is 5.14 Å². The maximum absolute atomic E-state index is 10.9. The fourth-order valence-electron chi connectivity index (χ4n) is 1.49. The van der Waals surface area contributed by atoms with Crippen molar-refractivity contribution in [2.45, 2.75) is 19.8 Å². The highest BCUT2D eigenvalue weighted by molar-refractivity contribution is 7.89. The van der Waals surface area contributed by atoms with E-state index in [1.807, 2.05) is 6.92 Å². The van der Waals surface area contributed by atoms with Crippen LogP contribution in [0, 0.1) is 10.1 Å². The summed E-state index contributed by atoms with van der Waals surface area (Å²) in [5.41, 5.74) is 0.721. The monoisotopic (exact) mass is 288 g/mol. The lowest BCUT2D eigenvalue weighted by Gasteiger charge is -2.07. The molecule has 0 spiro atoms. The summed E-state index contributed by atoms with van der Waals surface area (Å²) in [5, 5.41) is 15.7. The van der Waals surface area contributed by atoms with Crippen molar-refractivity contribution in [1.82, 2.24) is 0 Å². The number of sulfonamides is 1. The van der Waals surface area contributed by atoms with Crippen molar-refractivity contribution in [2.75, 3.05) is 12.4 Å². The van der Waals surface area contributed by atoms with Gasteiger partial charge in [-0.1, -0.05) is 13.0 Å². The Morgan fingerprint density at radius 2 is 2.11 bits per heavy atom. The van der Waals surface area contributed by atoms with E-state index in [1.54, 1.807) is 6.07 Å². The molecule has 106 valence electrons. The molecule has 8 heteroatoms. The van der Waals surface area contributed by atoms with Gasteiger partial charge in [0.05, 0.1) is 17.3 Å². The van der Waals surface area contributed by atoms with Crippen LogP contribution in [0.25, 0.3) is 0 Å². The summed E-state index contributed by atoms with van der Waals surface area (Å²) in [7, 11) is -3.53.